The van der Waals surface area contributed by atoms with E-state index in [0.29, 0.717) is 17.8 Å². The molecule has 1 saturated carbocycles. The summed E-state index contributed by atoms with van der Waals surface area (Å²) in [5, 5.41) is 6.02. The molecular formula is C11H20N2O2S. The van der Waals surface area contributed by atoms with Gasteiger partial charge in [0.15, 0.2) is 5.11 Å². The number of amides is 1. The number of alkyl carbamates (subject to hydrolysis) is 1. The van der Waals surface area contributed by atoms with E-state index in [2.05, 4.69) is 17.6 Å². The SMILES string of the molecule is CCOC(=O)NC(=S)NC1CCC(C)CC1. The molecule has 0 aromatic carbocycles. The Morgan fingerprint density at radius 2 is 2.00 bits per heavy atom. The van der Waals surface area contributed by atoms with Crippen molar-refractivity contribution in [1.82, 2.24) is 10.6 Å². The van der Waals surface area contributed by atoms with E-state index in [1.807, 2.05) is 0 Å². The number of thiocarbonyl (C=S) groups is 1. The summed E-state index contributed by atoms with van der Waals surface area (Å²) in [6.07, 6.45) is 4.20. The predicted molar refractivity (Wildman–Crippen MR) is 67.3 cm³/mol. The second-order valence-corrected chi connectivity index (χ2v) is 4.68. The monoisotopic (exact) mass is 244 g/mol. The molecule has 0 heterocycles. The van der Waals surface area contributed by atoms with E-state index in [9.17, 15) is 4.79 Å². The minimum atomic E-state index is -0.482. The summed E-state index contributed by atoms with van der Waals surface area (Å²) in [7, 11) is 0. The summed E-state index contributed by atoms with van der Waals surface area (Å²) >= 11 is 5.03. The molecule has 0 spiro atoms. The first kappa shape index (κ1) is 13.2. The fraction of sp³-hybridized carbons (Fsp3) is 0.818. The Labute approximate surface area is 102 Å². The Morgan fingerprint density at radius 3 is 2.56 bits per heavy atom. The average Bonchev–Trinajstić information content (AvgIpc) is 2.21. The van der Waals surface area contributed by atoms with Gasteiger partial charge in [-0.25, -0.2) is 4.79 Å². The van der Waals surface area contributed by atoms with Gasteiger partial charge >= 0.3 is 6.09 Å². The standard InChI is InChI=1S/C11H20N2O2S/c1-3-15-11(14)13-10(16)12-9-6-4-8(2)5-7-9/h8-9H,3-7H2,1-2H3,(H2,12,13,14,16). The summed E-state index contributed by atoms with van der Waals surface area (Å²) < 4.78 is 4.74. The van der Waals surface area contributed by atoms with Gasteiger partial charge in [-0.1, -0.05) is 6.92 Å². The van der Waals surface area contributed by atoms with Gasteiger partial charge in [0.05, 0.1) is 6.61 Å². The smallest absolute Gasteiger partial charge is 0.413 e. The fourth-order valence-electron chi connectivity index (χ4n) is 1.89. The molecule has 1 rings (SSSR count). The van der Waals surface area contributed by atoms with Crippen molar-refractivity contribution < 1.29 is 9.53 Å². The van der Waals surface area contributed by atoms with E-state index in [-0.39, 0.29) is 0 Å². The summed E-state index contributed by atoms with van der Waals surface area (Å²) in [6.45, 7) is 4.39. The van der Waals surface area contributed by atoms with Crippen molar-refractivity contribution >= 4 is 23.4 Å². The van der Waals surface area contributed by atoms with Crippen LogP contribution in [0.3, 0.4) is 0 Å². The zero-order chi connectivity index (χ0) is 12.0. The molecule has 4 nitrogen and oxygen atoms in total. The molecule has 1 amide bonds. The molecule has 1 aliphatic rings. The minimum absolute atomic E-state index is 0.357. The summed E-state index contributed by atoms with van der Waals surface area (Å²) in [6, 6.07) is 0.394. The van der Waals surface area contributed by atoms with E-state index in [4.69, 9.17) is 17.0 Å². The Balaban J connectivity index is 2.21. The van der Waals surface area contributed by atoms with E-state index >= 15 is 0 Å². The lowest BCUT2D eigenvalue weighted by Crippen LogP contribution is -2.45. The van der Waals surface area contributed by atoms with Crippen LogP contribution < -0.4 is 10.6 Å². The van der Waals surface area contributed by atoms with Gasteiger partial charge < -0.3 is 10.1 Å². The van der Waals surface area contributed by atoms with E-state index in [0.717, 1.165) is 18.8 Å². The zero-order valence-corrected chi connectivity index (χ0v) is 10.7. The number of ether oxygens (including phenoxy) is 1. The summed E-state index contributed by atoms with van der Waals surface area (Å²) in [5.74, 6) is 0.810. The number of hydrogen-bond donors (Lipinski definition) is 2. The van der Waals surface area contributed by atoms with Crippen LogP contribution in [-0.2, 0) is 4.74 Å². The molecule has 0 saturated heterocycles. The topological polar surface area (TPSA) is 50.4 Å². The van der Waals surface area contributed by atoms with Gasteiger partial charge in [-0.3, -0.25) is 5.32 Å². The number of rotatable bonds is 2. The highest BCUT2D eigenvalue weighted by Gasteiger charge is 2.19. The first-order valence-electron chi connectivity index (χ1n) is 5.86. The Kier molecular flexibility index (Phi) is 5.52. The van der Waals surface area contributed by atoms with Gasteiger partial charge in [0, 0.05) is 6.04 Å². The lowest BCUT2D eigenvalue weighted by Gasteiger charge is -2.27. The molecule has 92 valence electrons. The predicted octanol–water partition coefficient (Wildman–Crippen LogP) is 2.19. The van der Waals surface area contributed by atoms with Crippen molar-refractivity contribution in [3.05, 3.63) is 0 Å². The van der Waals surface area contributed by atoms with Crippen LogP contribution in [0.5, 0.6) is 0 Å². The number of carbonyl (C=O) groups is 1. The van der Waals surface area contributed by atoms with Crippen LogP contribution in [0.4, 0.5) is 4.79 Å². The normalized spacial score (nSPS) is 24.6. The van der Waals surface area contributed by atoms with Gasteiger partial charge in [-0.15, -0.1) is 0 Å². The number of carbonyl (C=O) groups excluding carboxylic acids is 1. The Hall–Kier alpha value is -0.840. The molecule has 2 N–H and O–H groups in total. The maximum atomic E-state index is 11.1. The highest BCUT2D eigenvalue weighted by atomic mass is 32.1. The summed E-state index contributed by atoms with van der Waals surface area (Å²) in [5.41, 5.74) is 0. The maximum Gasteiger partial charge on any atom is 0.413 e. The van der Waals surface area contributed by atoms with Crippen LogP contribution in [0.25, 0.3) is 0 Å². The van der Waals surface area contributed by atoms with Crippen LogP contribution in [0.2, 0.25) is 0 Å². The number of hydrogen-bond acceptors (Lipinski definition) is 3. The maximum absolute atomic E-state index is 11.1. The van der Waals surface area contributed by atoms with Gasteiger partial charge in [0.25, 0.3) is 0 Å². The van der Waals surface area contributed by atoms with Gasteiger partial charge in [0.2, 0.25) is 0 Å². The van der Waals surface area contributed by atoms with Crippen molar-refractivity contribution in [2.75, 3.05) is 6.61 Å². The van der Waals surface area contributed by atoms with Crippen LogP contribution in [0.1, 0.15) is 39.5 Å². The van der Waals surface area contributed by atoms with Gasteiger partial charge in [0.1, 0.15) is 0 Å². The molecule has 0 aliphatic heterocycles. The highest BCUT2D eigenvalue weighted by molar-refractivity contribution is 7.80. The molecule has 0 aromatic heterocycles. The van der Waals surface area contributed by atoms with Gasteiger partial charge in [-0.05, 0) is 50.7 Å². The van der Waals surface area contributed by atoms with Crippen molar-refractivity contribution in [2.45, 2.75) is 45.6 Å². The number of nitrogens with one attached hydrogen (secondary N) is 2. The highest BCUT2D eigenvalue weighted by Crippen LogP contribution is 2.23. The van der Waals surface area contributed by atoms with Crippen LogP contribution in [0.15, 0.2) is 0 Å². The lowest BCUT2D eigenvalue weighted by atomic mass is 9.87. The molecule has 5 heteroatoms. The third kappa shape index (κ3) is 4.79. The second-order valence-electron chi connectivity index (χ2n) is 4.28. The fourth-order valence-corrected chi connectivity index (χ4v) is 2.14. The van der Waals surface area contributed by atoms with E-state index < -0.39 is 6.09 Å². The zero-order valence-electron chi connectivity index (χ0n) is 9.91. The lowest BCUT2D eigenvalue weighted by molar-refractivity contribution is 0.157. The van der Waals surface area contributed by atoms with E-state index in [1.165, 1.54) is 12.8 Å². The first-order chi connectivity index (χ1) is 7.61. The molecule has 0 atom stereocenters. The van der Waals surface area contributed by atoms with Gasteiger partial charge in [-0.2, -0.15) is 0 Å². The first-order valence-corrected chi connectivity index (χ1v) is 6.27. The Morgan fingerprint density at radius 1 is 1.38 bits per heavy atom. The molecule has 0 bridgehead atoms. The molecule has 1 fully saturated rings. The average molecular weight is 244 g/mol. The molecule has 0 aromatic rings. The van der Waals surface area contributed by atoms with Crippen LogP contribution in [-0.4, -0.2) is 23.9 Å². The third-order valence-corrected chi connectivity index (χ3v) is 3.06. The molecular weight excluding hydrogens is 224 g/mol. The van der Waals surface area contributed by atoms with Crippen molar-refractivity contribution in [3.63, 3.8) is 0 Å². The van der Waals surface area contributed by atoms with Crippen molar-refractivity contribution in [2.24, 2.45) is 5.92 Å². The molecule has 0 unspecified atom stereocenters. The van der Waals surface area contributed by atoms with Crippen LogP contribution >= 0.6 is 12.2 Å². The second kappa shape index (κ2) is 6.68. The van der Waals surface area contributed by atoms with Crippen LogP contribution in [0, 0.1) is 5.92 Å². The molecule has 1 aliphatic carbocycles. The molecule has 0 radical (unpaired) electrons. The minimum Gasteiger partial charge on any atom is -0.450 e. The Bertz CT molecular complexity index is 250. The van der Waals surface area contributed by atoms with E-state index in [1.54, 1.807) is 6.92 Å². The third-order valence-electron chi connectivity index (χ3n) is 2.84. The van der Waals surface area contributed by atoms with Crippen molar-refractivity contribution in [1.29, 1.82) is 0 Å². The largest absolute Gasteiger partial charge is 0.450 e. The van der Waals surface area contributed by atoms with Crippen molar-refractivity contribution in [3.8, 4) is 0 Å². The molecule has 16 heavy (non-hydrogen) atoms. The quantitative estimate of drug-likeness (QED) is 0.731. The summed E-state index contributed by atoms with van der Waals surface area (Å²) in [4.78, 5) is 11.1.